The number of rotatable bonds is 8. The van der Waals surface area contributed by atoms with E-state index in [0.717, 1.165) is 6.42 Å². The molecule has 2 aliphatic carbocycles. The van der Waals surface area contributed by atoms with E-state index in [1.54, 1.807) is 13.8 Å². The van der Waals surface area contributed by atoms with E-state index < -0.39 is 124 Å². The number of ketones is 1. The fourth-order valence-electron chi connectivity index (χ4n) is 5.39. The molecule has 3 rings (SSSR count). The van der Waals surface area contributed by atoms with Crippen LogP contribution in [-0.2, 0) is 19.2 Å². The number of likely N-dealkylation sites (tertiary alicyclic amines) is 1. The molecule has 10 heteroatoms. The van der Waals surface area contributed by atoms with Crippen molar-refractivity contribution in [3.05, 3.63) is 0 Å². The Balaban J connectivity index is 2.26. The van der Waals surface area contributed by atoms with E-state index in [9.17, 15) is 24.0 Å². The molecule has 0 aromatic rings. The zero-order valence-corrected chi connectivity index (χ0v) is 20.6. The molecule has 5 atom stereocenters. The van der Waals surface area contributed by atoms with Crippen molar-refractivity contribution < 1.29 is 48.6 Å². The Hall–Kier alpha value is -2.65. The summed E-state index contributed by atoms with van der Waals surface area (Å²) < 4.78 is 144. The maximum Gasteiger partial charge on any atom is 0.315 e. The highest BCUT2D eigenvalue weighted by Crippen LogP contribution is 2.65. The summed E-state index contributed by atoms with van der Waals surface area (Å²) in [5.74, 6) is -6.94. The van der Waals surface area contributed by atoms with Gasteiger partial charge in [-0.3, -0.25) is 19.2 Å². The number of nitrogens with one attached hydrogen (secondary N) is 3. The van der Waals surface area contributed by atoms with Gasteiger partial charge in [0, 0.05) is 36.8 Å². The first kappa shape index (κ1) is 12.9. The summed E-state index contributed by atoms with van der Waals surface area (Å²) in [6.07, 6.45) is 2.11. The van der Waals surface area contributed by atoms with Gasteiger partial charge >= 0.3 is 6.03 Å². The number of urea groups is 1. The molecule has 0 radical (unpaired) electrons. The highest BCUT2D eigenvalue weighted by Gasteiger charge is 2.70. The van der Waals surface area contributed by atoms with Crippen LogP contribution in [0.4, 0.5) is 4.79 Å². The molecule has 0 bridgehead atoms. The molecule has 3 fully saturated rings. The zero-order valence-electron chi connectivity index (χ0n) is 38.6. The molecule has 2 unspecified atom stereocenters. The third-order valence-corrected chi connectivity index (χ3v) is 7.69. The van der Waals surface area contributed by atoms with Crippen molar-refractivity contribution in [2.45, 2.75) is 104 Å². The fourth-order valence-corrected chi connectivity index (χ4v) is 5.39. The van der Waals surface area contributed by atoms with Gasteiger partial charge in [0.15, 0.2) is 0 Å². The van der Waals surface area contributed by atoms with Gasteiger partial charge in [-0.25, -0.2) is 4.79 Å². The SMILES string of the molecule is [2H]C([2H])([2H])C(NC(=O)N[C@H](C(=O)N1C[C@H]2C([C@H]1C(=O)NC(CC1CCC1)C(=O)C(N)=O)C2(C)C)C(C([2H])([2H])[2H])(C([2H])([2H])[2H])C([2H])([2H])[2H])(C([2H])([2H])[2H])C([2H])([2H])[2H]. The second kappa shape index (κ2) is 9.91. The first-order valence-corrected chi connectivity index (χ1v) is 11.9. The van der Waals surface area contributed by atoms with E-state index in [4.69, 9.17) is 30.4 Å². The maximum atomic E-state index is 14.8. The first-order valence-electron chi connectivity index (χ1n) is 20.9. The summed E-state index contributed by atoms with van der Waals surface area (Å²) in [5, 5.41) is 5.21. The third kappa shape index (κ3) is 6.26. The zero-order chi connectivity index (χ0) is 43.1. The van der Waals surface area contributed by atoms with Crippen LogP contribution in [-0.4, -0.2) is 64.6 Å². The molecule has 0 aromatic carbocycles. The number of hydrogen-bond acceptors (Lipinski definition) is 5. The van der Waals surface area contributed by atoms with Crippen LogP contribution < -0.4 is 21.7 Å². The molecule has 208 valence electrons. The third-order valence-electron chi connectivity index (χ3n) is 7.69. The number of carbonyl (C=O) groups excluding carboxylic acids is 5. The Morgan fingerprint density at radius 3 is 2.22 bits per heavy atom. The second-order valence-corrected chi connectivity index (χ2v) is 10.8. The van der Waals surface area contributed by atoms with Gasteiger partial charge in [-0.15, -0.1) is 0 Å². The van der Waals surface area contributed by atoms with Crippen LogP contribution in [0.15, 0.2) is 0 Å². The number of primary amides is 1. The van der Waals surface area contributed by atoms with Gasteiger partial charge in [-0.05, 0) is 55.6 Å². The molecule has 0 spiro atoms. The molecular weight excluding hydrogens is 474 g/mol. The van der Waals surface area contributed by atoms with Crippen LogP contribution in [0.3, 0.4) is 0 Å². The van der Waals surface area contributed by atoms with Crippen LogP contribution in [0.25, 0.3) is 0 Å². The van der Waals surface area contributed by atoms with Gasteiger partial charge in [-0.2, -0.15) is 0 Å². The van der Waals surface area contributed by atoms with Crippen molar-refractivity contribution in [2.24, 2.45) is 34.3 Å². The number of amides is 5. The molecular formula is C27H45N5O5. The number of Topliss-reactive ketones (excluding diaryl/α,β-unsaturated/α-hetero) is 1. The lowest BCUT2D eigenvalue weighted by molar-refractivity contribution is -0.145. The van der Waals surface area contributed by atoms with Crippen molar-refractivity contribution >= 4 is 29.5 Å². The summed E-state index contributed by atoms with van der Waals surface area (Å²) in [6, 6.07) is -8.75. The van der Waals surface area contributed by atoms with Crippen molar-refractivity contribution in [3.63, 3.8) is 0 Å². The van der Waals surface area contributed by atoms with Gasteiger partial charge in [0.2, 0.25) is 17.6 Å². The van der Waals surface area contributed by atoms with E-state index in [1.165, 1.54) is 10.6 Å². The normalized spacial score (nSPS) is 35.5. The monoisotopic (exact) mass is 537 g/mol. The Morgan fingerprint density at radius 2 is 1.70 bits per heavy atom. The average Bonchev–Trinajstić information content (AvgIpc) is 3.24. The van der Waals surface area contributed by atoms with Gasteiger partial charge in [0.25, 0.3) is 5.91 Å². The Kier molecular flexibility index (Phi) is 3.46. The van der Waals surface area contributed by atoms with E-state index in [2.05, 4.69) is 5.32 Å². The minimum atomic E-state index is -4.29. The first-order chi connectivity index (χ1) is 24.3. The molecule has 10 nitrogen and oxygen atoms in total. The summed E-state index contributed by atoms with van der Waals surface area (Å²) in [5.41, 5.74) is -3.96. The van der Waals surface area contributed by atoms with Crippen LogP contribution in [0, 0.1) is 28.6 Å². The lowest BCUT2D eigenvalue weighted by atomic mass is 9.80. The summed E-state index contributed by atoms with van der Waals surface area (Å²) in [7, 11) is 0. The largest absolute Gasteiger partial charge is 0.363 e. The van der Waals surface area contributed by atoms with Crippen LogP contribution in [0.2, 0.25) is 0 Å². The van der Waals surface area contributed by atoms with Gasteiger partial charge in [-0.1, -0.05) is 53.7 Å². The number of carbonyl (C=O) groups is 5. The maximum absolute atomic E-state index is 14.8. The summed E-state index contributed by atoms with van der Waals surface area (Å²) in [6.45, 7) is -22.1. The average molecular weight is 538 g/mol. The van der Waals surface area contributed by atoms with Gasteiger partial charge in [0.05, 0.1) is 6.04 Å². The van der Waals surface area contributed by atoms with Crippen molar-refractivity contribution in [1.29, 1.82) is 0 Å². The topological polar surface area (TPSA) is 151 Å². The number of nitrogens with zero attached hydrogens (tertiary/aromatic N) is 1. The Morgan fingerprint density at radius 1 is 1.05 bits per heavy atom. The second-order valence-electron chi connectivity index (χ2n) is 10.8. The Bertz CT molecular complexity index is 1470. The lowest BCUT2D eigenvalue weighted by Gasteiger charge is -2.38. The molecule has 37 heavy (non-hydrogen) atoms. The predicted molar refractivity (Wildman–Crippen MR) is 139 cm³/mol. The van der Waals surface area contributed by atoms with Crippen LogP contribution in [0.1, 0.15) is 105 Å². The quantitative estimate of drug-likeness (QED) is 0.348. The van der Waals surface area contributed by atoms with Crippen LogP contribution >= 0.6 is 0 Å². The van der Waals surface area contributed by atoms with E-state index in [0.29, 0.717) is 17.7 Å². The van der Waals surface area contributed by atoms with Crippen molar-refractivity contribution in [2.75, 3.05) is 6.54 Å². The van der Waals surface area contributed by atoms with Gasteiger partial charge < -0.3 is 26.6 Å². The molecule has 2 saturated carbocycles. The van der Waals surface area contributed by atoms with E-state index >= 15 is 0 Å². The minimum Gasteiger partial charge on any atom is -0.363 e. The van der Waals surface area contributed by atoms with E-state index in [1.807, 2.05) is 0 Å². The van der Waals surface area contributed by atoms with Crippen molar-refractivity contribution in [1.82, 2.24) is 20.9 Å². The molecule has 5 amide bonds. The minimum absolute atomic E-state index is 0.0193. The lowest BCUT2D eigenvalue weighted by Crippen LogP contribution is -2.62. The summed E-state index contributed by atoms with van der Waals surface area (Å²) >= 11 is 0. The number of piperidine rings is 1. The number of nitrogens with two attached hydrogens (primary N) is 1. The standard InChI is InChI=1S/C27H45N5O5/c1-25(2,3)20(30-24(37)31-26(4,5)6)23(36)32-13-15-17(27(15,7)8)18(32)22(35)29-16(19(33)21(28)34)12-14-10-9-11-14/h14-18,20H,9-13H2,1-8H3,(H2,28,34)(H,29,35)(H2,30,31,37)/t15-,16?,17?,18-,20+/m0/s1/i1D3,2D3,3D3,4D3,5D3,6D3. The predicted octanol–water partition coefficient (Wildman–Crippen LogP) is 1.71. The molecule has 5 N–H and O–H groups in total. The van der Waals surface area contributed by atoms with Crippen molar-refractivity contribution in [3.8, 4) is 0 Å². The van der Waals surface area contributed by atoms with Gasteiger partial charge in [0.1, 0.15) is 12.1 Å². The molecule has 0 aromatic heterocycles. The molecule has 1 saturated heterocycles. The smallest absolute Gasteiger partial charge is 0.315 e. The number of fused-ring (bicyclic) bond motifs is 1. The van der Waals surface area contributed by atoms with Crippen LogP contribution in [0.5, 0.6) is 0 Å². The molecule has 1 heterocycles. The Labute approximate surface area is 245 Å². The fraction of sp³-hybridized carbons (Fsp3) is 0.815. The molecule has 1 aliphatic heterocycles. The molecule has 3 aliphatic rings. The van der Waals surface area contributed by atoms with E-state index in [-0.39, 0.29) is 12.3 Å². The number of hydrogen-bond donors (Lipinski definition) is 4. The highest BCUT2D eigenvalue weighted by molar-refractivity contribution is 6.37. The highest BCUT2D eigenvalue weighted by atomic mass is 16.2. The summed E-state index contributed by atoms with van der Waals surface area (Å²) in [4.78, 5) is 67.8.